The molecule has 0 saturated heterocycles. The summed E-state index contributed by atoms with van der Waals surface area (Å²) in [5.41, 5.74) is 1.15. The van der Waals surface area contributed by atoms with E-state index in [0.717, 1.165) is 6.42 Å². The van der Waals surface area contributed by atoms with Crippen molar-refractivity contribution in [1.29, 1.82) is 0 Å². The number of nitrogens with zero attached hydrogens (tertiary/aromatic N) is 2. The molecule has 1 aromatic heterocycles. The van der Waals surface area contributed by atoms with Gasteiger partial charge in [0, 0.05) is 12.6 Å². The minimum atomic E-state index is -0.151. The van der Waals surface area contributed by atoms with Crippen LogP contribution >= 0.6 is 11.6 Å². The van der Waals surface area contributed by atoms with Crippen molar-refractivity contribution >= 4 is 17.5 Å². The highest BCUT2D eigenvalue weighted by Crippen LogP contribution is 2.20. The SMILES string of the molecule is CCC(C)NC(=O)c1c(Cl)c(C)nn1CC. The molecule has 1 N–H and O–H groups in total. The third-order valence-corrected chi connectivity index (χ3v) is 3.01. The van der Waals surface area contributed by atoms with Crippen LogP contribution in [-0.4, -0.2) is 21.7 Å². The number of rotatable bonds is 4. The molecule has 0 aliphatic carbocycles. The minimum Gasteiger partial charge on any atom is -0.348 e. The van der Waals surface area contributed by atoms with Gasteiger partial charge in [-0.15, -0.1) is 0 Å². The third kappa shape index (κ3) is 2.55. The quantitative estimate of drug-likeness (QED) is 0.883. The average Bonchev–Trinajstić information content (AvgIpc) is 2.54. The summed E-state index contributed by atoms with van der Waals surface area (Å²) in [5, 5.41) is 7.54. The van der Waals surface area contributed by atoms with Crippen LogP contribution < -0.4 is 5.32 Å². The smallest absolute Gasteiger partial charge is 0.271 e. The lowest BCUT2D eigenvalue weighted by molar-refractivity contribution is 0.0928. The zero-order valence-electron chi connectivity index (χ0n) is 10.2. The second-order valence-corrected chi connectivity index (χ2v) is 4.22. The molecule has 0 fully saturated rings. The van der Waals surface area contributed by atoms with Crippen LogP contribution in [0.25, 0.3) is 0 Å². The van der Waals surface area contributed by atoms with Crippen molar-refractivity contribution in [2.45, 2.75) is 46.7 Å². The lowest BCUT2D eigenvalue weighted by Gasteiger charge is -2.12. The highest BCUT2D eigenvalue weighted by molar-refractivity contribution is 6.34. The maximum Gasteiger partial charge on any atom is 0.271 e. The van der Waals surface area contributed by atoms with Crippen LogP contribution in [0.1, 0.15) is 43.4 Å². The van der Waals surface area contributed by atoms with Gasteiger partial charge in [-0.25, -0.2) is 0 Å². The standard InChI is InChI=1S/C11H18ClN3O/c1-5-7(3)13-11(16)10-9(12)8(4)14-15(10)6-2/h7H,5-6H2,1-4H3,(H,13,16). The maximum atomic E-state index is 12.0. The summed E-state index contributed by atoms with van der Waals surface area (Å²) >= 11 is 6.07. The van der Waals surface area contributed by atoms with E-state index < -0.39 is 0 Å². The largest absolute Gasteiger partial charge is 0.348 e. The van der Waals surface area contributed by atoms with Gasteiger partial charge in [0.1, 0.15) is 5.69 Å². The van der Waals surface area contributed by atoms with Gasteiger partial charge >= 0.3 is 0 Å². The summed E-state index contributed by atoms with van der Waals surface area (Å²) in [6.07, 6.45) is 0.891. The fourth-order valence-electron chi connectivity index (χ4n) is 1.40. The Morgan fingerprint density at radius 3 is 2.69 bits per heavy atom. The van der Waals surface area contributed by atoms with Crippen molar-refractivity contribution in [1.82, 2.24) is 15.1 Å². The molecule has 0 aliphatic heterocycles. The molecule has 1 rings (SSSR count). The van der Waals surface area contributed by atoms with E-state index >= 15 is 0 Å². The number of halogens is 1. The van der Waals surface area contributed by atoms with E-state index in [2.05, 4.69) is 10.4 Å². The Morgan fingerprint density at radius 1 is 1.56 bits per heavy atom. The summed E-state index contributed by atoms with van der Waals surface area (Å²) in [4.78, 5) is 12.0. The molecule has 0 aromatic carbocycles. The van der Waals surface area contributed by atoms with Gasteiger partial charge in [-0.3, -0.25) is 9.48 Å². The van der Waals surface area contributed by atoms with Gasteiger partial charge in [0.25, 0.3) is 5.91 Å². The van der Waals surface area contributed by atoms with Gasteiger partial charge in [0.2, 0.25) is 0 Å². The molecule has 0 bridgehead atoms. The summed E-state index contributed by atoms with van der Waals surface area (Å²) in [6.45, 7) is 8.36. The number of hydrogen-bond donors (Lipinski definition) is 1. The molecule has 90 valence electrons. The summed E-state index contributed by atoms with van der Waals surface area (Å²) in [5.74, 6) is -0.151. The normalized spacial score (nSPS) is 12.6. The van der Waals surface area contributed by atoms with Crippen LogP contribution in [0.4, 0.5) is 0 Å². The van der Waals surface area contributed by atoms with Crippen LogP contribution in [0.5, 0.6) is 0 Å². The number of amides is 1. The monoisotopic (exact) mass is 243 g/mol. The molecule has 0 radical (unpaired) electrons. The molecule has 0 spiro atoms. The van der Waals surface area contributed by atoms with Gasteiger partial charge in [-0.2, -0.15) is 5.10 Å². The Balaban J connectivity index is 2.98. The zero-order valence-corrected chi connectivity index (χ0v) is 10.9. The first-order valence-corrected chi connectivity index (χ1v) is 5.92. The molecule has 1 atom stereocenters. The molecule has 0 aliphatic rings. The predicted octanol–water partition coefficient (Wildman–Crippen LogP) is 2.39. The number of carbonyl (C=O) groups is 1. The van der Waals surface area contributed by atoms with Crippen molar-refractivity contribution in [3.05, 3.63) is 16.4 Å². The molecule has 1 aromatic rings. The molecule has 1 heterocycles. The zero-order chi connectivity index (χ0) is 12.3. The Labute approximate surface area is 101 Å². The van der Waals surface area contributed by atoms with Gasteiger partial charge in [0.15, 0.2) is 0 Å². The molecule has 1 amide bonds. The molecule has 1 unspecified atom stereocenters. The van der Waals surface area contributed by atoms with Crippen molar-refractivity contribution in [2.75, 3.05) is 0 Å². The van der Waals surface area contributed by atoms with E-state index in [-0.39, 0.29) is 11.9 Å². The summed E-state index contributed by atoms with van der Waals surface area (Å²) in [7, 11) is 0. The fourth-order valence-corrected chi connectivity index (χ4v) is 1.62. The highest BCUT2D eigenvalue weighted by atomic mass is 35.5. The Kier molecular flexibility index (Phi) is 4.35. The predicted molar refractivity (Wildman–Crippen MR) is 64.9 cm³/mol. The molecule has 0 saturated carbocycles. The van der Waals surface area contributed by atoms with E-state index in [9.17, 15) is 4.79 Å². The highest BCUT2D eigenvalue weighted by Gasteiger charge is 2.20. The lowest BCUT2D eigenvalue weighted by atomic mass is 10.2. The molecular formula is C11H18ClN3O. The molecular weight excluding hydrogens is 226 g/mol. The number of hydrogen-bond acceptors (Lipinski definition) is 2. The van der Waals surface area contributed by atoms with E-state index in [4.69, 9.17) is 11.6 Å². The first-order chi connectivity index (χ1) is 7.51. The summed E-state index contributed by atoms with van der Waals surface area (Å²) < 4.78 is 1.63. The number of nitrogens with one attached hydrogen (secondary N) is 1. The first kappa shape index (κ1) is 13.0. The van der Waals surface area contributed by atoms with E-state index in [1.54, 1.807) is 11.6 Å². The molecule has 5 heteroatoms. The van der Waals surface area contributed by atoms with Crippen molar-refractivity contribution in [3.8, 4) is 0 Å². The Hall–Kier alpha value is -1.03. The van der Waals surface area contributed by atoms with Crippen LogP contribution in [-0.2, 0) is 6.54 Å². The number of aromatic nitrogens is 2. The second kappa shape index (κ2) is 5.34. The number of carbonyl (C=O) groups excluding carboxylic acids is 1. The third-order valence-electron chi connectivity index (χ3n) is 2.56. The van der Waals surface area contributed by atoms with Gasteiger partial charge < -0.3 is 5.32 Å². The van der Waals surface area contributed by atoms with E-state index in [1.165, 1.54) is 0 Å². The van der Waals surface area contributed by atoms with Gasteiger partial charge in [0.05, 0.1) is 10.7 Å². The lowest BCUT2D eigenvalue weighted by Crippen LogP contribution is -2.33. The van der Waals surface area contributed by atoms with Crippen LogP contribution in [0, 0.1) is 6.92 Å². The maximum absolute atomic E-state index is 12.0. The Bertz CT molecular complexity index is 387. The average molecular weight is 244 g/mol. The van der Waals surface area contributed by atoms with Crippen molar-refractivity contribution in [3.63, 3.8) is 0 Å². The van der Waals surface area contributed by atoms with Gasteiger partial charge in [-0.05, 0) is 27.2 Å². The van der Waals surface area contributed by atoms with Crippen LogP contribution in [0.2, 0.25) is 5.02 Å². The van der Waals surface area contributed by atoms with E-state index in [0.29, 0.717) is 23.0 Å². The fraction of sp³-hybridized carbons (Fsp3) is 0.636. The topological polar surface area (TPSA) is 46.9 Å². The van der Waals surface area contributed by atoms with Crippen molar-refractivity contribution < 1.29 is 4.79 Å². The number of aryl methyl sites for hydroxylation is 2. The van der Waals surface area contributed by atoms with E-state index in [1.807, 2.05) is 20.8 Å². The van der Waals surface area contributed by atoms with Crippen molar-refractivity contribution in [2.24, 2.45) is 0 Å². The summed E-state index contributed by atoms with van der Waals surface area (Å²) in [6, 6.07) is 0.143. The Morgan fingerprint density at radius 2 is 2.19 bits per heavy atom. The first-order valence-electron chi connectivity index (χ1n) is 5.55. The van der Waals surface area contributed by atoms with Gasteiger partial charge in [-0.1, -0.05) is 18.5 Å². The van der Waals surface area contributed by atoms with Crippen LogP contribution in [0.3, 0.4) is 0 Å². The second-order valence-electron chi connectivity index (χ2n) is 3.85. The van der Waals surface area contributed by atoms with Crippen LogP contribution in [0.15, 0.2) is 0 Å². The minimum absolute atomic E-state index is 0.143. The molecule has 16 heavy (non-hydrogen) atoms. The molecule has 4 nitrogen and oxygen atoms in total.